The molecular formula is C14H14N4O2. The van der Waals surface area contributed by atoms with Gasteiger partial charge in [0, 0.05) is 22.8 Å². The number of furan rings is 1. The van der Waals surface area contributed by atoms with Gasteiger partial charge < -0.3 is 4.42 Å². The van der Waals surface area contributed by atoms with Crippen LogP contribution in [0.25, 0.3) is 11.0 Å². The molecule has 0 aliphatic carbocycles. The fourth-order valence-electron chi connectivity index (χ4n) is 2.22. The lowest BCUT2D eigenvalue weighted by Crippen LogP contribution is -2.30. The molecular weight excluding hydrogens is 256 g/mol. The monoisotopic (exact) mass is 270 g/mol. The predicted molar refractivity (Wildman–Crippen MR) is 73.9 cm³/mol. The summed E-state index contributed by atoms with van der Waals surface area (Å²) in [5, 5.41) is 5.13. The van der Waals surface area contributed by atoms with Gasteiger partial charge in [-0.25, -0.2) is 5.84 Å². The van der Waals surface area contributed by atoms with Crippen molar-refractivity contribution in [2.45, 2.75) is 13.5 Å². The first kappa shape index (κ1) is 12.4. The van der Waals surface area contributed by atoms with Crippen molar-refractivity contribution in [3.05, 3.63) is 53.5 Å². The van der Waals surface area contributed by atoms with Crippen LogP contribution in [-0.4, -0.2) is 15.7 Å². The number of carbonyl (C=O) groups is 1. The van der Waals surface area contributed by atoms with Gasteiger partial charge in [0.05, 0.1) is 6.54 Å². The molecule has 2 aromatic heterocycles. The maximum absolute atomic E-state index is 11.9. The van der Waals surface area contributed by atoms with Gasteiger partial charge in [-0.3, -0.25) is 14.9 Å². The zero-order valence-electron chi connectivity index (χ0n) is 11.0. The van der Waals surface area contributed by atoms with E-state index in [1.807, 2.05) is 41.9 Å². The average molecular weight is 270 g/mol. The van der Waals surface area contributed by atoms with Gasteiger partial charge in [0.25, 0.3) is 0 Å². The van der Waals surface area contributed by atoms with Crippen LogP contribution in [-0.2, 0) is 6.54 Å². The molecule has 0 spiro atoms. The molecule has 0 saturated heterocycles. The number of fused-ring (bicyclic) bond motifs is 1. The number of para-hydroxylation sites is 1. The number of hydrogen-bond acceptors (Lipinski definition) is 4. The molecule has 0 bridgehead atoms. The molecule has 1 amide bonds. The van der Waals surface area contributed by atoms with Gasteiger partial charge in [0.2, 0.25) is 0 Å². The van der Waals surface area contributed by atoms with Crippen LogP contribution in [0.3, 0.4) is 0 Å². The first-order valence-electron chi connectivity index (χ1n) is 6.20. The maximum Gasteiger partial charge on any atom is 0.301 e. The lowest BCUT2D eigenvalue weighted by molar-refractivity contribution is 0.0926. The van der Waals surface area contributed by atoms with Gasteiger partial charge in [0.15, 0.2) is 5.76 Å². The lowest BCUT2D eigenvalue weighted by atomic mass is 10.1. The highest BCUT2D eigenvalue weighted by Gasteiger charge is 2.20. The van der Waals surface area contributed by atoms with E-state index >= 15 is 0 Å². The number of aromatic nitrogens is 2. The van der Waals surface area contributed by atoms with Crippen LogP contribution in [0, 0.1) is 6.92 Å². The molecule has 0 unspecified atom stereocenters. The zero-order chi connectivity index (χ0) is 14.1. The lowest BCUT2D eigenvalue weighted by Gasteiger charge is -2.05. The van der Waals surface area contributed by atoms with Crippen molar-refractivity contribution in [1.82, 2.24) is 15.2 Å². The summed E-state index contributed by atoms with van der Waals surface area (Å²) < 4.78 is 7.42. The largest absolute Gasteiger partial charge is 0.450 e. The Balaban J connectivity index is 2.16. The predicted octanol–water partition coefficient (Wildman–Crippen LogP) is 1.59. The van der Waals surface area contributed by atoms with E-state index in [0.29, 0.717) is 12.1 Å². The molecule has 20 heavy (non-hydrogen) atoms. The van der Waals surface area contributed by atoms with Crippen molar-refractivity contribution in [3.8, 4) is 0 Å². The third-order valence-corrected chi connectivity index (χ3v) is 3.27. The highest BCUT2D eigenvalue weighted by atomic mass is 16.3. The summed E-state index contributed by atoms with van der Waals surface area (Å²) in [6, 6.07) is 9.41. The molecule has 102 valence electrons. The first-order valence-corrected chi connectivity index (χ1v) is 6.20. The second kappa shape index (κ2) is 4.82. The number of rotatable bonds is 3. The van der Waals surface area contributed by atoms with E-state index in [2.05, 4.69) is 10.5 Å². The Morgan fingerprint density at radius 3 is 2.90 bits per heavy atom. The number of aryl methyl sites for hydroxylation is 1. The number of carbonyl (C=O) groups excluding carboxylic acids is 1. The summed E-state index contributed by atoms with van der Waals surface area (Å²) in [7, 11) is 0. The number of amides is 1. The molecule has 2 heterocycles. The van der Waals surface area contributed by atoms with Crippen LogP contribution in [0.4, 0.5) is 0 Å². The van der Waals surface area contributed by atoms with Crippen LogP contribution < -0.4 is 11.3 Å². The minimum atomic E-state index is -0.444. The highest BCUT2D eigenvalue weighted by molar-refractivity contribution is 5.98. The summed E-state index contributed by atoms with van der Waals surface area (Å²) in [6.45, 7) is 2.41. The summed E-state index contributed by atoms with van der Waals surface area (Å²) in [6.07, 6.45) is 1.72. The summed E-state index contributed by atoms with van der Waals surface area (Å²) in [4.78, 5) is 11.9. The van der Waals surface area contributed by atoms with Gasteiger partial charge in [0.1, 0.15) is 5.58 Å². The van der Waals surface area contributed by atoms with Crippen LogP contribution in [0.5, 0.6) is 0 Å². The summed E-state index contributed by atoms with van der Waals surface area (Å²) in [5.41, 5.74) is 4.55. The minimum Gasteiger partial charge on any atom is -0.450 e. The molecule has 0 aliphatic rings. The maximum atomic E-state index is 11.9. The van der Waals surface area contributed by atoms with E-state index in [1.165, 1.54) is 0 Å². The Morgan fingerprint density at radius 1 is 1.40 bits per heavy atom. The molecule has 0 atom stereocenters. The number of nitrogen functional groups attached to an aromatic ring is 1. The van der Waals surface area contributed by atoms with Crippen LogP contribution >= 0.6 is 0 Å². The van der Waals surface area contributed by atoms with Gasteiger partial charge in [-0.15, -0.1) is 0 Å². The topological polar surface area (TPSA) is 86.1 Å². The Kier molecular flexibility index (Phi) is 3.00. The van der Waals surface area contributed by atoms with Crippen molar-refractivity contribution in [1.29, 1.82) is 0 Å². The van der Waals surface area contributed by atoms with Crippen LogP contribution in [0.15, 0.2) is 40.9 Å². The second-order valence-electron chi connectivity index (χ2n) is 4.51. The molecule has 3 aromatic rings. The van der Waals surface area contributed by atoms with Crippen molar-refractivity contribution < 1.29 is 9.21 Å². The molecule has 0 aliphatic heterocycles. The normalized spacial score (nSPS) is 10.9. The van der Waals surface area contributed by atoms with Crippen LogP contribution in [0.2, 0.25) is 0 Å². The zero-order valence-corrected chi connectivity index (χ0v) is 11.0. The molecule has 0 fully saturated rings. The molecule has 3 rings (SSSR count). The number of nitrogens with one attached hydrogen (secondary N) is 1. The molecule has 6 heteroatoms. The quantitative estimate of drug-likeness (QED) is 0.430. The summed E-state index contributed by atoms with van der Waals surface area (Å²) >= 11 is 0. The molecule has 6 nitrogen and oxygen atoms in total. The highest BCUT2D eigenvalue weighted by Crippen LogP contribution is 2.26. The van der Waals surface area contributed by atoms with Crippen molar-refractivity contribution in [2.75, 3.05) is 0 Å². The van der Waals surface area contributed by atoms with Crippen molar-refractivity contribution in [3.63, 3.8) is 0 Å². The van der Waals surface area contributed by atoms with Gasteiger partial charge >= 0.3 is 5.91 Å². The smallest absolute Gasteiger partial charge is 0.301 e. The summed E-state index contributed by atoms with van der Waals surface area (Å²) in [5.74, 6) is 5.00. The number of nitrogens with two attached hydrogens (primary N) is 1. The molecule has 0 saturated carbocycles. The van der Waals surface area contributed by atoms with E-state index in [9.17, 15) is 4.79 Å². The average Bonchev–Trinajstić information content (AvgIpc) is 3.03. The third-order valence-electron chi connectivity index (χ3n) is 3.27. The van der Waals surface area contributed by atoms with Gasteiger partial charge in [-0.05, 0) is 19.1 Å². The first-order chi connectivity index (χ1) is 9.70. The van der Waals surface area contributed by atoms with Crippen molar-refractivity contribution in [2.24, 2.45) is 5.84 Å². The van der Waals surface area contributed by atoms with E-state index in [-0.39, 0.29) is 5.76 Å². The fraction of sp³-hybridized carbons (Fsp3) is 0.143. The van der Waals surface area contributed by atoms with Crippen molar-refractivity contribution >= 4 is 16.9 Å². The molecule has 1 aromatic carbocycles. The Morgan fingerprint density at radius 2 is 2.20 bits per heavy atom. The number of hydrazine groups is 1. The van der Waals surface area contributed by atoms with Gasteiger partial charge in [-0.2, -0.15) is 5.10 Å². The number of benzene rings is 1. The van der Waals surface area contributed by atoms with Gasteiger partial charge in [-0.1, -0.05) is 18.2 Å². The van der Waals surface area contributed by atoms with E-state index in [4.69, 9.17) is 10.3 Å². The second-order valence-corrected chi connectivity index (χ2v) is 4.51. The molecule has 0 radical (unpaired) electrons. The number of nitrogens with zero attached hydrogens (tertiary/aromatic N) is 2. The SMILES string of the molecule is Cc1ccnn1Cc1c(C(=O)NN)oc2ccccc12. The minimum absolute atomic E-state index is 0.226. The third kappa shape index (κ3) is 1.96. The van der Waals surface area contributed by atoms with E-state index < -0.39 is 5.91 Å². The standard InChI is InChI=1S/C14H14N4O2/c1-9-6-7-16-18(9)8-11-10-4-2-3-5-12(10)20-13(11)14(19)17-15/h2-7H,8,15H2,1H3,(H,17,19). The van der Waals surface area contributed by atoms with E-state index in [0.717, 1.165) is 16.6 Å². The fourth-order valence-corrected chi connectivity index (χ4v) is 2.22. The number of hydrogen-bond donors (Lipinski definition) is 2. The Bertz CT molecular complexity index is 772. The van der Waals surface area contributed by atoms with Crippen LogP contribution in [0.1, 0.15) is 21.8 Å². The Hall–Kier alpha value is -2.60. The molecule has 3 N–H and O–H groups in total. The Labute approximate surface area is 115 Å². The van der Waals surface area contributed by atoms with E-state index in [1.54, 1.807) is 6.20 Å².